The summed E-state index contributed by atoms with van der Waals surface area (Å²) in [6, 6.07) is 13.5. The van der Waals surface area contributed by atoms with Gasteiger partial charge < -0.3 is 9.47 Å². The highest BCUT2D eigenvalue weighted by Gasteiger charge is 2.09. The van der Waals surface area contributed by atoms with Gasteiger partial charge in [-0.1, -0.05) is 51.8 Å². The molecule has 19 heavy (non-hydrogen) atoms. The molecule has 4 heteroatoms. The lowest BCUT2D eigenvalue weighted by Crippen LogP contribution is -2.00. The molecule has 0 amide bonds. The van der Waals surface area contributed by atoms with Gasteiger partial charge in [-0.15, -0.1) is 0 Å². The topological polar surface area (TPSA) is 18.5 Å². The summed E-state index contributed by atoms with van der Waals surface area (Å²) in [5.74, 6) is 1.50. The molecule has 100 valence electrons. The van der Waals surface area contributed by atoms with E-state index in [1.54, 1.807) is 7.11 Å². The fourth-order valence-electron chi connectivity index (χ4n) is 1.77. The summed E-state index contributed by atoms with van der Waals surface area (Å²) in [4.78, 5) is 0. The second-order valence-electron chi connectivity index (χ2n) is 4.00. The molecule has 0 bridgehead atoms. The molecule has 0 aliphatic rings. The van der Waals surface area contributed by atoms with Gasteiger partial charge in [0.05, 0.1) is 7.11 Å². The normalized spacial score (nSPS) is 10.3. The molecule has 0 atom stereocenters. The van der Waals surface area contributed by atoms with Gasteiger partial charge in [-0.25, -0.2) is 0 Å². The Morgan fingerprint density at radius 1 is 1.16 bits per heavy atom. The molecule has 0 N–H and O–H groups in total. The molecule has 0 radical (unpaired) electrons. The highest BCUT2D eigenvalue weighted by Crippen LogP contribution is 2.33. The van der Waals surface area contributed by atoms with E-state index in [-0.39, 0.29) is 0 Å². The summed E-state index contributed by atoms with van der Waals surface area (Å²) in [5.41, 5.74) is 2.08. The van der Waals surface area contributed by atoms with Crippen LogP contribution >= 0.6 is 27.5 Å². The monoisotopic (exact) mass is 340 g/mol. The third kappa shape index (κ3) is 3.64. The maximum Gasteiger partial charge on any atom is 0.165 e. The molecule has 2 aromatic carbocycles. The molecule has 0 aromatic heterocycles. The van der Waals surface area contributed by atoms with Crippen LogP contribution in [0, 0.1) is 0 Å². The van der Waals surface area contributed by atoms with Crippen LogP contribution < -0.4 is 9.47 Å². The number of benzene rings is 2. The zero-order valence-corrected chi connectivity index (χ0v) is 12.9. The van der Waals surface area contributed by atoms with Gasteiger partial charge in [0, 0.05) is 15.9 Å². The van der Waals surface area contributed by atoms with Crippen LogP contribution in [0.5, 0.6) is 11.5 Å². The average molecular weight is 342 g/mol. The van der Waals surface area contributed by atoms with Gasteiger partial charge in [0.1, 0.15) is 6.61 Å². The van der Waals surface area contributed by atoms with E-state index in [0.717, 1.165) is 28.0 Å². The first-order chi connectivity index (χ1) is 9.24. The van der Waals surface area contributed by atoms with Crippen molar-refractivity contribution >= 4 is 27.5 Å². The van der Waals surface area contributed by atoms with Gasteiger partial charge >= 0.3 is 0 Å². The second-order valence-corrected chi connectivity index (χ2v) is 5.00. The smallest absolute Gasteiger partial charge is 0.165 e. The Morgan fingerprint density at radius 2 is 1.95 bits per heavy atom. The Morgan fingerprint density at radius 3 is 2.63 bits per heavy atom. The van der Waals surface area contributed by atoms with E-state index in [1.165, 1.54) is 0 Å². The third-order valence-electron chi connectivity index (χ3n) is 2.70. The number of halogens is 2. The maximum atomic E-state index is 5.96. The molecule has 0 aliphatic carbocycles. The molecular formula is C15H14BrClO2. The van der Waals surface area contributed by atoms with Crippen molar-refractivity contribution in [3.8, 4) is 11.5 Å². The minimum absolute atomic E-state index is 0.459. The zero-order valence-electron chi connectivity index (χ0n) is 10.5. The minimum atomic E-state index is 0.459. The Bertz CT molecular complexity index is 535. The molecule has 0 fully saturated rings. The van der Waals surface area contributed by atoms with Crippen LogP contribution in [0.2, 0.25) is 5.02 Å². The summed E-state index contributed by atoms with van der Waals surface area (Å²) >= 11 is 9.41. The van der Waals surface area contributed by atoms with Gasteiger partial charge in [0.25, 0.3) is 0 Å². The first kappa shape index (κ1) is 14.2. The van der Waals surface area contributed by atoms with Crippen LogP contribution in [0.25, 0.3) is 0 Å². The average Bonchev–Trinajstić information content (AvgIpc) is 2.44. The number of hydrogen-bond donors (Lipinski definition) is 0. The summed E-state index contributed by atoms with van der Waals surface area (Å²) in [6.07, 6.45) is 0. The van der Waals surface area contributed by atoms with Gasteiger partial charge in [-0.3, -0.25) is 0 Å². The Balaban J connectivity index is 2.19. The second kappa shape index (κ2) is 6.83. The van der Waals surface area contributed by atoms with Crippen LogP contribution in [-0.4, -0.2) is 7.11 Å². The molecule has 2 aromatic rings. The van der Waals surface area contributed by atoms with Gasteiger partial charge in [-0.2, -0.15) is 0 Å². The lowest BCUT2D eigenvalue weighted by molar-refractivity contribution is 0.282. The third-order valence-corrected chi connectivity index (χ3v) is 3.54. The largest absolute Gasteiger partial charge is 0.493 e. The number of alkyl halides is 1. The van der Waals surface area contributed by atoms with E-state index < -0.39 is 0 Å². The molecule has 0 saturated heterocycles. The molecule has 0 saturated carbocycles. The van der Waals surface area contributed by atoms with Crippen molar-refractivity contribution in [3.63, 3.8) is 0 Å². The predicted octanol–water partition coefficient (Wildman–Crippen LogP) is 4.82. The Kier molecular flexibility index (Phi) is 5.11. The van der Waals surface area contributed by atoms with E-state index in [9.17, 15) is 0 Å². The Labute approximate surface area is 126 Å². The highest BCUT2D eigenvalue weighted by molar-refractivity contribution is 9.08. The maximum absolute atomic E-state index is 5.96. The van der Waals surface area contributed by atoms with E-state index >= 15 is 0 Å². The van der Waals surface area contributed by atoms with E-state index in [1.807, 2.05) is 42.5 Å². The minimum Gasteiger partial charge on any atom is -0.493 e. The van der Waals surface area contributed by atoms with Crippen LogP contribution in [0.3, 0.4) is 0 Å². The van der Waals surface area contributed by atoms with Crippen molar-refractivity contribution in [1.82, 2.24) is 0 Å². The first-order valence-corrected chi connectivity index (χ1v) is 7.33. The van der Waals surface area contributed by atoms with Crippen molar-refractivity contribution < 1.29 is 9.47 Å². The number of hydrogen-bond acceptors (Lipinski definition) is 2. The van der Waals surface area contributed by atoms with Gasteiger partial charge in [0.15, 0.2) is 11.5 Å². The first-order valence-electron chi connectivity index (χ1n) is 5.83. The molecule has 2 rings (SSSR count). The number of methoxy groups -OCH3 is 1. The Hall–Kier alpha value is -1.19. The predicted molar refractivity (Wildman–Crippen MR) is 81.4 cm³/mol. The summed E-state index contributed by atoms with van der Waals surface area (Å²) < 4.78 is 11.2. The summed E-state index contributed by atoms with van der Waals surface area (Å²) in [6.45, 7) is 0.459. The van der Waals surface area contributed by atoms with Crippen molar-refractivity contribution in [3.05, 3.63) is 58.6 Å². The fourth-order valence-corrected chi connectivity index (χ4v) is 2.43. The quantitative estimate of drug-likeness (QED) is 0.726. The van der Waals surface area contributed by atoms with Crippen LogP contribution in [0.15, 0.2) is 42.5 Å². The van der Waals surface area contributed by atoms with Crippen molar-refractivity contribution in [2.45, 2.75) is 11.9 Å². The summed E-state index contributed by atoms with van der Waals surface area (Å²) in [5, 5.41) is 1.43. The zero-order chi connectivity index (χ0) is 13.7. The van der Waals surface area contributed by atoms with Gasteiger partial charge in [-0.05, 0) is 23.8 Å². The lowest BCUT2D eigenvalue weighted by Gasteiger charge is -2.14. The lowest BCUT2D eigenvalue weighted by atomic mass is 10.2. The molecule has 0 heterocycles. The van der Waals surface area contributed by atoms with Crippen LogP contribution in [-0.2, 0) is 11.9 Å². The van der Waals surface area contributed by atoms with E-state index in [4.69, 9.17) is 21.1 Å². The van der Waals surface area contributed by atoms with Gasteiger partial charge in [0.2, 0.25) is 0 Å². The molecule has 2 nitrogen and oxygen atoms in total. The van der Waals surface area contributed by atoms with Crippen molar-refractivity contribution in [2.75, 3.05) is 7.11 Å². The molecular weight excluding hydrogens is 328 g/mol. The number of rotatable bonds is 5. The van der Waals surface area contributed by atoms with Crippen molar-refractivity contribution in [1.29, 1.82) is 0 Å². The van der Waals surface area contributed by atoms with E-state index in [0.29, 0.717) is 11.6 Å². The standard InChI is InChI=1S/C15H14BrClO2/c1-18-14-7-3-5-12(9-16)15(14)19-10-11-4-2-6-13(17)8-11/h2-8H,9-10H2,1H3. The van der Waals surface area contributed by atoms with Crippen LogP contribution in [0.1, 0.15) is 11.1 Å². The summed E-state index contributed by atoms with van der Waals surface area (Å²) in [7, 11) is 1.64. The molecule has 0 unspecified atom stereocenters. The fraction of sp³-hybridized carbons (Fsp3) is 0.200. The molecule has 0 spiro atoms. The highest BCUT2D eigenvalue weighted by atomic mass is 79.9. The molecule has 0 aliphatic heterocycles. The SMILES string of the molecule is COc1cccc(CBr)c1OCc1cccc(Cl)c1. The van der Waals surface area contributed by atoms with E-state index in [2.05, 4.69) is 15.9 Å². The van der Waals surface area contributed by atoms with Crippen molar-refractivity contribution in [2.24, 2.45) is 0 Å². The van der Waals surface area contributed by atoms with Crippen LogP contribution in [0.4, 0.5) is 0 Å². The number of para-hydroxylation sites is 1. The number of ether oxygens (including phenoxy) is 2.